The zero-order valence-electron chi connectivity index (χ0n) is 16.5. The van der Waals surface area contributed by atoms with Gasteiger partial charge in [0.25, 0.3) is 0 Å². The molecule has 0 saturated carbocycles. The highest BCUT2D eigenvalue weighted by Crippen LogP contribution is 2.25. The van der Waals surface area contributed by atoms with Crippen LogP contribution in [0.1, 0.15) is 27.0 Å². The summed E-state index contributed by atoms with van der Waals surface area (Å²) in [6, 6.07) is 8.86. The molecule has 30 heavy (non-hydrogen) atoms. The summed E-state index contributed by atoms with van der Waals surface area (Å²) in [4.78, 5) is 34.0. The number of nitrogens with one attached hydrogen (secondary N) is 3. The van der Waals surface area contributed by atoms with E-state index in [2.05, 4.69) is 32.5 Å². The topological polar surface area (TPSA) is 133 Å². The molecule has 0 fully saturated rings. The number of carboxylic acids is 1. The highest BCUT2D eigenvalue weighted by atomic mass is 16.4. The number of carbonyl (C=O) groups is 1. The van der Waals surface area contributed by atoms with Crippen molar-refractivity contribution in [1.29, 1.82) is 0 Å². The second kappa shape index (κ2) is 7.36. The van der Waals surface area contributed by atoms with Crippen molar-refractivity contribution in [3.05, 3.63) is 69.3 Å². The Bertz CT molecular complexity index is 1320. The van der Waals surface area contributed by atoms with Crippen LogP contribution >= 0.6 is 0 Å². The van der Waals surface area contributed by atoms with Gasteiger partial charge < -0.3 is 20.2 Å². The molecule has 9 heteroatoms. The Morgan fingerprint density at radius 1 is 1.07 bits per heavy atom. The molecule has 4 N–H and O–H groups in total. The number of aromatic nitrogens is 3. The molecule has 0 amide bonds. The van der Waals surface area contributed by atoms with Crippen LogP contribution < -0.4 is 16.4 Å². The Morgan fingerprint density at radius 3 is 2.50 bits per heavy atom. The number of nitrogens with zero attached hydrogens (tertiary/aromatic N) is 2. The van der Waals surface area contributed by atoms with Crippen molar-refractivity contribution in [2.24, 2.45) is 0 Å². The number of anilines is 4. The van der Waals surface area contributed by atoms with E-state index in [1.807, 2.05) is 26.0 Å². The van der Waals surface area contributed by atoms with Crippen LogP contribution in [-0.4, -0.2) is 26.0 Å². The smallest absolute Gasteiger partial charge is 0.417 e. The van der Waals surface area contributed by atoms with Gasteiger partial charge in [0.05, 0.1) is 5.52 Å². The minimum atomic E-state index is -1.16. The van der Waals surface area contributed by atoms with E-state index in [1.54, 1.807) is 18.2 Å². The van der Waals surface area contributed by atoms with E-state index in [9.17, 15) is 14.7 Å². The van der Waals surface area contributed by atoms with Crippen LogP contribution in [0.15, 0.2) is 45.7 Å². The number of H-pyrrole nitrogens is 1. The molecule has 0 spiro atoms. The van der Waals surface area contributed by atoms with E-state index in [4.69, 9.17) is 4.42 Å². The number of aromatic carboxylic acids is 1. The Kier molecular flexibility index (Phi) is 4.71. The number of oxazole rings is 1. The summed E-state index contributed by atoms with van der Waals surface area (Å²) in [5.74, 6) is -1.36. The first-order chi connectivity index (χ1) is 14.3. The second-order valence-electron chi connectivity index (χ2n) is 6.97. The van der Waals surface area contributed by atoms with Gasteiger partial charge >= 0.3 is 11.7 Å². The first-order valence-electron chi connectivity index (χ1n) is 9.15. The molecular weight excluding hydrogens is 386 g/mol. The number of hydrogen-bond acceptors (Lipinski definition) is 7. The predicted octanol–water partition coefficient (Wildman–Crippen LogP) is 4.02. The zero-order valence-corrected chi connectivity index (χ0v) is 16.5. The van der Waals surface area contributed by atoms with Crippen molar-refractivity contribution in [1.82, 2.24) is 15.0 Å². The lowest BCUT2D eigenvalue weighted by Crippen LogP contribution is -2.08. The lowest BCUT2D eigenvalue weighted by molar-refractivity contribution is 0.0697. The van der Waals surface area contributed by atoms with Crippen LogP contribution in [0, 0.1) is 20.8 Å². The van der Waals surface area contributed by atoms with E-state index in [-0.39, 0.29) is 17.3 Å². The normalized spacial score (nSPS) is 10.9. The van der Waals surface area contributed by atoms with Crippen molar-refractivity contribution >= 4 is 40.2 Å². The molecule has 4 aromatic rings. The third kappa shape index (κ3) is 3.72. The first kappa shape index (κ1) is 19.2. The van der Waals surface area contributed by atoms with Gasteiger partial charge in [0.1, 0.15) is 5.56 Å². The molecule has 0 unspecified atom stereocenters. The number of aromatic amines is 1. The van der Waals surface area contributed by atoms with Gasteiger partial charge in [0, 0.05) is 17.6 Å². The van der Waals surface area contributed by atoms with Crippen LogP contribution in [-0.2, 0) is 0 Å². The SMILES string of the molecule is Cc1cc(Nc2ncc(C(=O)O)c(Nc3ccc4oc(=O)[nH]c4c3)n2)cc(C)c1C. The minimum Gasteiger partial charge on any atom is -0.477 e. The standard InChI is InChI=1S/C21H19N5O4/c1-10-6-14(7-11(2)12(10)3)24-20-22-9-15(19(27)28)18(26-20)23-13-4-5-17-16(8-13)25-21(29)30-17/h4-9H,1-3H3,(H,25,29)(H,27,28)(H2,22,23,24,26). The number of carboxylic acid groups (broad SMARTS) is 1. The summed E-state index contributed by atoms with van der Waals surface area (Å²) >= 11 is 0. The van der Waals surface area contributed by atoms with Crippen molar-refractivity contribution in [2.45, 2.75) is 20.8 Å². The number of rotatable bonds is 5. The molecule has 0 aliphatic heterocycles. The van der Waals surface area contributed by atoms with Crippen LogP contribution in [0.4, 0.5) is 23.1 Å². The van der Waals surface area contributed by atoms with E-state index >= 15 is 0 Å². The molecule has 0 aliphatic rings. The maximum atomic E-state index is 11.6. The molecule has 0 aliphatic carbocycles. The van der Waals surface area contributed by atoms with Crippen molar-refractivity contribution in [2.75, 3.05) is 10.6 Å². The van der Waals surface area contributed by atoms with Gasteiger partial charge in [-0.2, -0.15) is 4.98 Å². The number of benzene rings is 2. The fourth-order valence-corrected chi connectivity index (χ4v) is 3.10. The second-order valence-corrected chi connectivity index (χ2v) is 6.97. The lowest BCUT2D eigenvalue weighted by Gasteiger charge is -2.13. The van der Waals surface area contributed by atoms with E-state index in [1.165, 1.54) is 11.8 Å². The van der Waals surface area contributed by atoms with Crippen LogP contribution in [0.3, 0.4) is 0 Å². The fraction of sp³-hybridized carbons (Fsp3) is 0.143. The third-order valence-electron chi connectivity index (χ3n) is 4.88. The van der Waals surface area contributed by atoms with Gasteiger partial charge in [-0.05, 0) is 67.8 Å². The number of hydrogen-bond donors (Lipinski definition) is 4. The van der Waals surface area contributed by atoms with Gasteiger partial charge in [0.2, 0.25) is 5.95 Å². The van der Waals surface area contributed by atoms with Gasteiger partial charge in [-0.25, -0.2) is 14.6 Å². The van der Waals surface area contributed by atoms with Crippen LogP contribution in [0.2, 0.25) is 0 Å². The zero-order chi connectivity index (χ0) is 21.4. The molecule has 4 rings (SSSR count). The van der Waals surface area contributed by atoms with Crippen molar-refractivity contribution in [3.63, 3.8) is 0 Å². The molecule has 2 aromatic heterocycles. The van der Waals surface area contributed by atoms with Crippen molar-refractivity contribution in [3.8, 4) is 0 Å². The average Bonchev–Trinajstić information content (AvgIpc) is 3.05. The summed E-state index contributed by atoms with van der Waals surface area (Å²) in [5.41, 5.74) is 5.60. The fourth-order valence-electron chi connectivity index (χ4n) is 3.10. The summed E-state index contributed by atoms with van der Waals surface area (Å²) in [6.45, 7) is 6.09. The Labute approximate surface area is 170 Å². The van der Waals surface area contributed by atoms with Gasteiger partial charge in [-0.15, -0.1) is 0 Å². The molecule has 0 saturated heterocycles. The maximum absolute atomic E-state index is 11.6. The first-order valence-corrected chi connectivity index (χ1v) is 9.15. The van der Waals surface area contributed by atoms with E-state index in [0.717, 1.165) is 16.8 Å². The summed E-state index contributed by atoms with van der Waals surface area (Å²) in [5, 5.41) is 15.6. The highest BCUT2D eigenvalue weighted by molar-refractivity contribution is 5.94. The Balaban J connectivity index is 1.68. The maximum Gasteiger partial charge on any atom is 0.417 e. The van der Waals surface area contributed by atoms with Gasteiger partial charge in [-0.1, -0.05) is 0 Å². The summed E-state index contributed by atoms with van der Waals surface area (Å²) in [7, 11) is 0. The highest BCUT2D eigenvalue weighted by Gasteiger charge is 2.15. The Morgan fingerprint density at radius 2 is 1.80 bits per heavy atom. The number of aryl methyl sites for hydroxylation is 2. The summed E-state index contributed by atoms with van der Waals surface area (Å²) < 4.78 is 4.98. The lowest BCUT2D eigenvalue weighted by atomic mass is 10.0. The molecule has 0 bridgehead atoms. The Hall–Kier alpha value is -4.14. The van der Waals surface area contributed by atoms with Crippen LogP contribution in [0.25, 0.3) is 11.1 Å². The average molecular weight is 405 g/mol. The predicted molar refractivity (Wildman–Crippen MR) is 113 cm³/mol. The summed E-state index contributed by atoms with van der Waals surface area (Å²) in [6.07, 6.45) is 1.24. The quantitative estimate of drug-likeness (QED) is 0.391. The largest absolute Gasteiger partial charge is 0.477 e. The molecule has 152 valence electrons. The van der Waals surface area contributed by atoms with E-state index in [0.29, 0.717) is 16.8 Å². The van der Waals surface area contributed by atoms with Gasteiger partial charge in [-0.3, -0.25) is 4.98 Å². The van der Waals surface area contributed by atoms with Crippen LogP contribution in [0.5, 0.6) is 0 Å². The molecule has 2 aromatic carbocycles. The minimum absolute atomic E-state index is 0.0856. The monoisotopic (exact) mass is 405 g/mol. The van der Waals surface area contributed by atoms with Crippen molar-refractivity contribution < 1.29 is 14.3 Å². The molecule has 0 atom stereocenters. The van der Waals surface area contributed by atoms with E-state index < -0.39 is 11.7 Å². The van der Waals surface area contributed by atoms with Gasteiger partial charge in [0.15, 0.2) is 11.4 Å². The molecular formula is C21H19N5O4. The molecule has 9 nitrogen and oxygen atoms in total. The molecule has 0 radical (unpaired) electrons. The third-order valence-corrected chi connectivity index (χ3v) is 4.88. The number of fused-ring (bicyclic) bond motifs is 1. The molecule has 2 heterocycles.